The summed E-state index contributed by atoms with van der Waals surface area (Å²) < 4.78 is 0. The number of nitrogens with one attached hydrogen (secondary N) is 3. The summed E-state index contributed by atoms with van der Waals surface area (Å²) in [5.41, 5.74) is 0.879. The van der Waals surface area contributed by atoms with E-state index in [-0.39, 0.29) is 5.91 Å². The molecule has 6 heteroatoms. The van der Waals surface area contributed by atoms with Gasteiger partial charge in [0.25, 0.3) is 5.91 Å². The third kappa shape index (κ3) is 2.40. The number of benzene rings is 1. The number of aromatic amines is 1. The van der Waals surface area contributed by atoms with E-state index in [1.807, 2.05) is 24.4 Å². The molecule has 1 aliphatic rings. The van der Waals surface area contributed by atoms with Gasteiger partial charge in [-0.1, -0.05) is 17.7 Å². The second-order valence-electron chi connectivity index (χ2n) is 5.14. The highest BCUT2D eigenvalue weighted by Crippen LogP contribution is 2.22. The minimum Gasteiger partial charge on any atom is -0.377 e. The van der Waals surface area contributed by atoms with E-state index in [0.717, 1.165) is 16.5 Å². The van der Waals surface area contributed by atoms with Gasteiger partial charge in [0.15, 0.2) is 5.60 Å². The molecule has 0 spiro atoms. The predicted octanol–water partition coefficient (Wildman–Crippen LogP) is 0.814. The number of hydrogen-bond donors (Lipinski definition) is 4. The number of β-amino-alcohol motifs (C(OH)–C–C–N with tert-alkyl or cyclic N) is 1. The molecule has 1 amide bonds. The average molecular weight is 294 g/mol. The molecule has 0 bridgehead atoms. The molecule has 2 heterocycles. The van der Waals surface area contributed by atoms with E-state index in [0.29, 0.717) is 31.1 Å². The van der Waals surface area contributed by atoms with Gasteiger partial charge in [-0.25, -0.2) is 0 Å². The van der Waals surface area contributed by atoms with E-state index in [1.165, 1.54) is 0 Å². The summed E-state index contributed by atoms with van der Waals surface area (Å²) in [6.45, 7) is 1.14. The molecule has 1 aromatic heterocycles. The number of aromatic nitrogens is 1. The lowest BCUT2D eigenvalue weighted by molar-refractivity contribution is -0.144. The maximum absolute atomic E-state index is 11.8. The van der Waals surface area contributed by atoms with E-state index in [2.05, 4.69) is 15.6 Å². The lowest BCUT2D eigenvalue weighted by atomic mass is 9.96. The molecular formula is C14H16ClN3O2. The van der Waals surface area contributed by atoms with Crippen LogP contribution in [0.3, 0.4) is 0 Å². The first-order chi connectivity index (χ1) is 9.58. The van der Waals surface area contributed by atoms with Crippen molar-refractivity contribution in [1.82, 2.24) is 15.6 Å². The van der Waals surface area contributed by atoms with E-state index in [4.69, 9.17) is 11.6 Å². The third-order valence-electron chi connectivity index (χ3n) is 3.67. The first kappa shape index (κ1) is 13.4. The standard InChI is InChI=1S/C14H16ClN3O2/c15-10-1-2-11-9(6-18-12(11)5-10)3-4-17-13(19)14(20)7-16-8-14/h1-2,5-6,16,18,20H,3-4,7-8H2,(H,17,19). The lowest BCUT2D eigenvalue weighted by Crippen LogP contribution is -2.67. The fourth-order valence-corrected chi connectivity index (χ4v) is 2.54. The van der Waals surface area contributed by atoms with Crippen LogP contribution in [0.15, 0.2) is 24.4 Å². The Morgan fingerprint density at radius 3 is 2.95 bits per heavy atom. The molecule has 1 saturated heterocycles. The fourth-order valence-electron chi connectivity index (χ4n) is 2.36. The molecular weight excluding hydrogens is 278 g/mol. The second-order valence-corrected chi connectivity index (χ2v) is 5.58. The first-order valence-corrected chi connectivity index (χ1v) is 6.93. The van der Waals surface area contributed by atoms with Crippen molar-refractivity contribution in [2.45, 2.75) is 12.0 Å². The number of rotatable bonds is 4. The molecule has 5 nitrogen and oxygen atoms in total. The Balaban J connectivity index is 1.61. The largest absolute Gasteiger partial charge is 0.377 e. The Morgan fingerprint density at radius 1 is 1.45 bits per heavy atom. The Bertz CT molecular complexity index is 649. The van der Waals surface area contributed by atoms with Gasteiger partial charge in [0.05, 0.1) is 0 Å². The number of fused-ring (bicyclic) bond motifs is 1. The highest BCUT2D eigenvalue weighted by Gasteiger charge is 2.41. The van der Waals surface area contributed by atoms with Crippen LogP contribution in [-0.2, 0) is 11.2 Å². The second kappa shape index (κ2) is 5.09. The van der Waals surface area contributed by atoms with Gasteiger partial charge in [0.1, 0.15) is 0 Å². The maximum atomic E-state index is 11.8. The molecule has 3 rings (SSSR count). The van der Waals surface area contributed by atoms with Crippen LogP contribution in [0.2, 0.25) is 5.02 Å². The van der Waals surface area contributed by atoms with E-state index < -0.39 is 5.60 Å². The highest BCUT2D eigenvalue weighted by atomic mass is 35.5. The van der Waals surface area contributed by atoms with Gasteiger partial charge < -0.3 is 20.7 Å². The molecule has 0 saturated carbocycles. The smallest absolute Gasteiger partial charge is 0.254 e. The number of carbonyl (C=O) groups excluding carboxylic acids is 1. The zero-order chi connectivity index (χ0) is 14.2. The first-order valence-electron chi connectivity index (χ1n) is 6.55. The highest BCUT2D eigenvalue weighted by molar-refractivity contribution is 6.31. The number of H-pyrrole nitrogens is 1. The van der Waals surface area contributed by atoms with Crippen LogP contribution in [0.5, 0.6) is 0 Å². The molecule has 2 aromatic rings. The molecule has 4 N–H and O–H groups in total. The Labute approximate surface area is 121 Å². The maximum Gasteiger partial charge on any atom is 0.254 e. The fraction of sp³-hybridized carbons (Fsp3) is 0.357. The minimum absolute atomic E-state index is 0.306. The van der Waals surface area contributed by atoms with Crippen molar-refractivity contribution < 1.29 is 9.90 Å². The number of carbonyl (C=O) groups is 1. The quantitative estimate of drug-likeness (QED) is 0.674. The van der Waals surface area contributed by atoms with Gasteiger partial charge in [-0.2, -0.15) is 0 Å². The molecule has 1 aromatic carbocycles. The predicted molar refractivity (Wildman–Crippen MR) is 77.8 cm³/mol. The van der Waals surface area contributed by atoms with Gasteiger partial charge in [-0.05, 0) is 24.1 Å². The van der Waals surface area contributed by atoms with Crippen LogP contribution in [0.1, 0.15) is 5.56 Å². The van der Waals surface area contributed by atoms with Gasteiger partial charge in [-0.15, -0.1) is 0 Å². The van der Waals surface area contributed by atoms with E-state index in [1.54, 1.807) is 0 Å². The van der Waals surface area contributed by atoms with Crippen molar-refractivity contribution in [1.29, 1.82) is 0 Å². The van der Waals surface area contributed by atoms with Crippen molar-refractivity contribution in [3.8, 4) is 0 Å². The van der Waals surface area contributed by atoms with Crippen molar-refractivity contribution in [2.24, 2.45) is 0 Å². The Morgan fingerprint density at radius 2 is 2.25 bits per heavy atom. The summed E-state index contributed by atoms with van der Waals surface area (Å²) in [6, 6.07) is 5.69. The third-order valence-corrected chi connectivity index (χ3v) is 3.90. The van der Waals surface area contributed by atoms with Crippen LogP contribution in [-0.4, -0.2) is 41.2 Å². The molecule has 1 aliphatic heterocycles. The Hall–Kier alpha value is -1.56. The van der Waals surface area contributed by atoms with Gasteiger partial charge in [-0.3, -0.25) is 4.79 Å². The van der Waals surface area contributed by atoms with Crippen LogP contribution in [0, 0.1) is 0 Å². The van der Waals surface area contributed by atoms with Gasteiger partial charge >= 0.3 is 0 Å². The molecule has 20 heavy (non-hydrogen) atoms. The SMILES string of the molecule is O=C(NCCc1c[nH]c2cc(Cl)ccc12)C1(O)CNC1. The van der Waals surface area contributed by atoms with Crippen molar-refractivity contribution in [3.63, 3.8) is 0 Å². The molecule has 0 radical (unpaired) electrons. The molecule has 0 unspecified atom stereocenters. The van der Waals surface area contributed by atoms with Gasteiger partial charge in [0.2, 0.25) is 0 Å². The zero-order valence-electron chi connectivity index (χ0n) is 10.9. The van der Waals surface area contributed by atoms with Crippen molar-refractivity contribution in [2.75, 3.05) is 19.6 Å². The van der Waals surface area contributed by atoms with Crippen molar-refractivity contribution >= 4 is 28.4 Å². The number of amides is 1. The molecule has 0 aliphatic carbocycles. The minimum atomic E-state index is -1.23. The van der Waals surface area contributed by atoms with Crippen molar-refractivity contribution in [3.05, 3.63) is 35.0 Å². The normalized spacial score (nSPS) is 16.9. The summed E-state index contributed by atoms with van der Waals surface area (Å²) in [5.74, 6) is -0.306. The van der Waals surface area contributed by atoms with E-state index in [9.17, 15) is 9.90 Å². The Kier molecular flexibility index (Phi) is 3.41. The molecule has 1 fully saturated rings. The van der Waals surface area contributed by atoms with Crippen LogP contribution >= 0.6 is 11.6 Å². The summed E-state index contributed by atoms with van der Waals surface area (Å²) >= 11 is 5.94. The van der Waals surface area contributed by atoms with Gasteiger partial charge in [0, 0.05) is 41.8 Å². The van der Waals surface area contributed by atoms with Crippen LogP contribution in [0.25, 0.3) is 10.9 Å². The topological polar surface area (TPSA) is 77.2 Å². The summed E-state index contributed by atoms with van der Waals surface area (Å²) in [6.07, 6.45) is 2.63. The van der Waals surface area contributed by atoms with E-state index >= 15 is 0 Å². The number of halogens is 1. The summed E-state index contributed by atoms with van der Waals surface area (Å²) in [4.78, 5) is 14.9. The summed E-state index contributed by atoms with van der Waals surface area (Å²) in [7, 11) is 0. The monoisotopic (exact) mass is 293 g/mol. The molecule has 0 atom stereocenters. The average Bonchev–Trinajstić information content (AvgIpc) is 2.78. The lowest BCUT2D eigenvalue weighted by Gasteiger charge is -2.35. The van der Waals surface area contributed by atoms with Crippen LogP contribution < -0.4 is 10.6 Å². The molecule has 106 valence electrons. The number of aliphatic hydroxyl groups is 1. The summed E-state index contributed by atoms with van der Waals surface area (Å²) in [5, 5.41) is 17.3. The van der Waals surface area contributed by atoms with Crippen LogP contribution in [0.4, 0.5) is 0 Å². The number of hydrogen-bond acceptors (Lipinski definition) is 3. The zero-order valence-corrected chi connectivity index (χ0v) is 11.6.